The molecule has 1 unspecified atom stereocenters. The van der Waals surface area contributed by atoms with Crippen LogP contribution in [-0.4, -0.2) is 61.1 Å². The van der Waals surface area contributed by atoms with Gasteiger partial charge in [0.15, 0.2) is 0 Å². The number of carbonyl (C=O) groups excluding carboxylic acids is 3. The predicted molar refractivity (Wildman–Crippen MR) is 135 cm³/mol. The summed E-state index contributed by atoms with van der Waals surface area (Å²) in [4.78, 5) is 40.4. The maximum Gasteiger partial charge on any atom is 0.269 e. The molecular formula is C26H33N3O6S. The highest BCUT2D eigenvalue weighted by atomic mass is 32.2. The molecule has 0 saturated carbocycles. The van der Waals surface area contributed by atoms with Gasteiger partial charge in [0, 0.05) is 25.6 Å². The summed E-state index contributed by atoms with van der Waals surface area (Å²) in [5.74, 6) is -0.449. The van der Waals surface area contributed by atoms with Crippen LogP contribution in [0.3, 0.4) is 0 Å². The number of methoxy groups -OCH3 is 1. The van der Waals surface area contributed by atoms with Gasteiger partial charge in [0.1, 0.15) is 16.7 Å². The SMILES string of the molecule is CCC(C(=O)NC(C)C)N(Cc1ccc(OC)cc1)C(=O)CCCN1C(=O)c2ccccc2S1(=O)=O. The first-order chi connectivity index (χ1) is 17.1. The van der Waals surface area contributed by atoms with Gasteiger partial charge in [-0.15, -0.1) is 0 Å². The summed E-state index contributed by atoms with van der Waals surface area (Å²) in [7, 11) is -2.37. The van der Waals surface area contributed by atoms with Crippen molar-refractivity contribution in [3.05, 3.63) is 59.7 Å². The first-order valence-corrected chi connectivity index (χ1v) is 13.4. The van der Waals surface area contributed by atoms with E-state index in [0.717, 1.165) is 9.87 Å². The van der Waals surface area contributed by atoms with Gasteiger partial charge >= 0.3 is 0 Å². The van der Waals surface area contributed by atoms with E-state index >= 15 is 0 Å². The molecule has 0 radical (unpaired) electrons. The van der Waals surface area contributed by atoms with Gasteiger partial charge in [-0.05, 0) is 56.5 Å². The number of amides is 3. The molecule has 0 bridgehead atoms. The summed E-state index contributed by atoms with van der Waals surface area (Å²) in [6, 6.07) is 12.5. The lowest BCUT2D eigenvalue weighted by Crippen LogP contribution is -2.50. The summed E-state index contributed by atoms with van der Waals surface area (Å²) in [5.41, 5.74) is 0.967. The second-order valence-electron chi connectivity index (χ2n) is 8.94. The van der Waals surface area contributed by atoms with Gasteiger partial charge in [-0.2, -0.15) is 0 Å². The number of fused-ring (bicyclic) bond motifs is 1. The van der Waals surface area contributed by atoms with Crippen LogP contribution in [0.5, 0.6) is 5.75 Å². The number of nitrogens with zero attached hydrogens (tertiary/aromatic N) is 2. The summed E-state index contributed by atoms with van der Waals surface area (Å²) >= 11 is 0. The number of carbonyl (C=O) groups is 3. The molecule has 0 aliphatic carbocycles. The first kappa shape index (κ1) is 27.2. The number of nitrogens with one attached hydrogen (secondary N) is 1. The van der Waals surface area contributed by atoms with Crippen LogP contribution in [-0.2, 0) is 26.2 Å². The standard InChI is InChI=1S/C26H33N3O6S/c1-5-22(25(31)27-18(2)3)28(17-19-12-14-20(35-4)15-13-19)24(30)11-8-16-29-26(32)21-9-6-7-10-23(21)36(29,33)34/h6-7,9-10,12-15,18,22H,5,8,11,16-17H2,1-4H3,(H,27,31). The van der Waals surface area contributed by atoms with Crippen molar-refractivity contribution < 1.29 is 27.5 Å². The Morgan fingerprint density at radius 1 is 1.08 bits per heavy atom. The Hall–Kier alpha value is -3.40. The minimum Gasteiger partial charge on any atom is -0.497 e. The molecule has 0 aromatic heterocycles. The van der Waals surface area contributed by atoms with Crippen molar-refractivity contribution in [2.45, 2.75) is 63.6 Å². The average molecular weight is 516 g/mol. The normalized spacial score (nSPS) is 14.9. The third-order valence-electron chi connectivity index (χ3n) is 5.99. The molecule has 3 rings (SSSR count). The lowest BCUT2D eigenvalue weighted by atomic mass is 10.1. The molecule has 1 heterocycles. The van der Waals surface area contributed by atoms with E-state index in [1.165, 1.54) is 17.0 Å². The summed E-state index contributed by atoms with van der Waals surface area (Å²) in [5, 5.41) is 2.88. The Morgan fingerprint density at radius 3 is 2.33 bits per heavy atom. The Labute approximate surface area is 212 Å². The Bertz CT molecular complexity index is 1210. The van der Waals surface area contributed by atoms with Gasteiger partial charge in [-0.1, -0.05) is 31.2 Å². The zero-order valence-electron chi connectivity index (χ0n) is 21.1. The minimum atomic E-state index is -3.93. The van der Waals surface area contributed by atoms with Crippen LogP contribution in [0.15, 0.2) is 53.4 Å². The van der Waals surface area contributed by atoms with Crippen LogP contribution in [0.25, 0.3) is 0 Å². The number of hydrogen-bond donors (Lipinski definition) is 1. The summed E-state index contributed by atoms with van der Waals surface area (Å²) in [6.07, 6.45) is 0.533. The average Bonchev–Trinajstić information content (AvgIpc) is 3.04. The fraction of sp³-hybridized carbons (Fsp3) is 0.423. The van der Waals surface area contributed by atoms with Crippen molar-refractivity contribution in [2.24, 2.45) is 0 Å². The maximum atomic E-state index is 13.4. The topological polar surface area (TPSA) is 113 Å². The molecule has 3 amide bonds. The van der Waals surface area contributed by atoms with Gasteiger partial charge in [0.2, 0.25) is 11.8 Å². The zero-order chi connectivity index (χ0) is 26.5. The van der Waals surface area contributed by atoms with Crippen LogP contribution < -0.4 is 10.1 Å². The van der Waals surface area contributed by atoms with E-state index < -0.39 is 22.0 Å². The highest BCUT2D eigenvalue weighted by Crippen LogP contribution is 2.30. The largest absolute Gasteiger partial charge is 0.497 e. The third kappa shape index (κ3) is 5.87. The van der Waals surface area contributed by atoms with Crippen molar-refractivity contribution in [2.75, 3.05) is 13.7 Å². The van der Waals surface area contributed by atoms with Crippen LogP contribution in [0.1, 0.15) is 56.0 Å². The van der Waals surface area contributed by atoms with Gasteiger partial charge in [-0.25, -0.2) is 12.7 Å². The molecule has 36 heavy (non-hydrogen) atoms. The molecule has 10 heteroatoms. The lowest BCUT2D eigenvalue weighted by molar-refractivity contribution is -0.141. The highest BCUT2D eigenvalue weighted by Gasteiger charge is 2.40. The Balaban J connectivity index is 1.74. The molecule has 9 nitrogen and oxygen atoms in total. The van der Waals surface area contributed by atoms with Gasteiger partial charge < -0.3 is 15.0 Å². The smallest absolute Gasteiger partial charge is 0.269 e. The second-order valence-corrected chi connectivity index (χ2v) is 10.8. The third-order valence-corrected chi connectivity index (χ3v) is 7.83. The first-order valence-electron chi connectivity index (χ1n) is 12.0. The molecule has 0 fully saturated rings. The number of rotatable bonds is 11. The van der Waals surface area contributed by atoms with Crippen LogP contribution in [0.4, 0.5) is 0 Å². The maximum absolute atomic E-state index is 13.4. The number of hydrogen-bond acceptors (Lipinski definition) is 6. The van der Waals surface area contributed by atoms with Crippen molar-refractivity contribution >= 4 is 27.7 Å². The fourth-order valence-corrected chi connectivity index (χ4v) is 5.80. The molecule has 1 aliphatic rings. The van der Waals surface area contributed by atoms with Gasteiger partial charge in [0.05, 0.1) is 12.7 Å². The highest BCUT2D eigenvalue weighted by molar-refractivity contribution is 7.90. The molecule has 1 atom stereocenters. The Morgan fingerprint density at radius 2 is 1.75 bits per heavy atom. The molecule has 0 saturated heterocycles. The molecule has 0 spiro atoms. The van der Waals surface area contributed by atoms with Crippen LogP contribution >= 0.6 is 0 Å². The summed E-state index contributed by atoms with van der Waals surface area (Å²) in [6.45, 7) is 5.63. The van der Waals surface area contributed by atoms with E-state index in [4.69, 9.17) is 4.74 Å². The number of ether oxygens (including phenoxy) is 1. The van der Waals surface area contributed by atoms with Crippen molar-refractivity contribution in [3.63, 3.8) is 0 Å². The molecule has 194 valence electrons. The lowest BCUT2D eigenvalue weighted by Gasteiger charge is -2.31. The van der Waals surface area contributed by atoms with E-state index in [-0.39, 0.29) is 54.2 Å². The van der Waals surface area contributed by atoms with E-state index in [1.807, 2.05) is 32.9 Å². The van der Waals surface area contributed by atoms with Gasteiger partial charge in [-0.3, -0.25) is 14.4 Å². The molecule has 2 aromatic carbocycles. The van der Waals surface area contributed by atoms with Gasteiger partial charge in [0.25, 0.3) is 15.9 Å². The molecule has 1 aliphatic heterocycles. The fourth-order valence-electron chi connectivity index (χ4n) is 4.20. The minimum absolute atomic E-state index is 0.0149. The van der Waals surface area contributed by atoms with Crippen molar-refractivity contribution in [3.8, 4) is 5.75 Å². The van der Waals surface area contributed by atoms with Crippen LogP contribution in [0.2, 0.25) is 0 Å². The summed E-state index contributed by atoms with van der Waals surface area (Å²) < 4.78 is 31.6. The Kier molecular flexibility index (Phi) is 8.73. The number of benzene rings is 2. The van der Waals surface area contributed by atoms with Crippen molar-refractivity contribution in [1.82, 2.24) is 14.5 Å². The van der Waals surface area contributed by atoms with E-state index in [9.17, 15) is 22.8 Å². The quantitative estimate of drug-likeness (QED) is 0.492. The predicted octanol–water partition coefficient (Wildman–Crippen LogP) is 2.95. The van der Waals surface area contributed by atoms with E-state index in [1.54, 1.807) is 31.4 Å². The van der Waals surface area contributed by atoms with E-state index in [2.05, 4.69) is 5.32 Å². The van der Waals surface area contributed by atoms with Crippen molar-refractivity contribution in [1.29, 1.82) is 0 Å². The molecule has 2 aromatic rings. The number of sulfonamides is 1. The molecule has 1 N–H and O–H groups in total. The van der Waals surface area contributed by atoms with E-state index in [0.29, 0.717) is 12.2 Å². The second kappa shape index (κ2) is 11.6. The zero-order valence-corrected chi connectivity index (χ0v) is 21.9. The molecular weight excluding hydrogens is 482 g/mol. The van der Waals surface area contributed by atoms with Crippen LogP contribution in [0, 0.1) is 0 Å². The monoisotopic (exact) mass is 515 g/mol.